The van der Waals surface area contributed by atoms with Gasteiger partial charge in [-0.1, -0.05) is 29.8 Å². The van der Waals surface area contributed by atoms with Crippen molar-refractivity contribution in [2.24, 2.45) is 0 Å². The molecule has 0 saturated heterocycles. The summed E-state index contributed by atoms with van der Waals surface area (Å²) < 4.78 is 0. The maximum atomic E-state index is 11.4. The number of carbonyl (C=O) groups is 1. The Morgan fingerprint density at radius 3 is 2.76 bits per heavy atom. The lowest BCUT2D eigenvalue weighted by atomic mass is 10.2. The summed E-state index contributed by atoms with van der Waals surface area (Å²) in [6.07, 6.45) is 1.67. The molecule has 2 nitrogen and oxygen atoms in total. The molecule has 0 aliphatic rings. The molecule has 0 heterocycles. The summed E-state index contributed by atoms with van der Waals surface area (Å²) in [6.45, 7) is 6.15. The van der Waals surface area contributed by atoms with Gasteiger partial charge in [-0.15, -0.1) is 18.3 Å². The van der Waals surface area contributed by atoms with Gasteiger partial charge in [0.25, 0.3) is 0 Å². The fourth-order valence-electron chi connectivity index (χ4n) is 1.27. The number of amides is 1. The van der Waals surface area contributed by atoms with Gasteiger partial charge in [0, 0.05) is 16.8 Å². The second-order valence-corrected chi connectivity index (χ2v) is 5.36. The summed E-state index contributed by atoms with van der Waals surface area (Å²) in [7, 11) is 0. The molecule has 0 aliphatic heterocycles. The third-order valence-electron chi connectivity index (χ3n) is 2.25. The Bertz CT molecular complexity index is 378. The van der Waals surface area contributed by atoms with Crippen LogP contribution in [0.15, 0.2) is 36.9 Å². The average Bonchev–Trinajstić information content (AvgIpc) is 2.34. The molecule has 1 rings (SSSR count). The quantitative estimate of drug-likeness (QED) is 0.802. The van der Waals surface area contributed by atoms with Crippen molar-refractivity contribution in [1.82, 2.24) is 5.32 Å². The minimum absolute atomic E-state index is 0.0377. The van der Waals surface area contributed by atoms with Crippen LogP contribution in [0.2, 0.25) is 5.02 Å². The van der Waals surface area contributed by atoms with Crippen molar-refractivity contribution < 1.29 is 4.79 Å². The molecule has 17 heavy (non-hydrogen) atoms. The first kappa shape index (κ1) is 14.1. The highest BCUT2D eigenvalue weighted by Crippen LogP contribution is 2.28. The number of nitrogens with one attached hydrogen (secondary N) is 1. The average molecular weight is 270 g/mol. The second kappa shape index (κ2) is 7.41. The number of halogens is 1. The lowest BCUT2D eigenvalue weighted by molar-refractivity contribution is -0.118. The molecule has 1 aromatic rings. The molecule has 0 spiro atoms. The van der Waals surface area contributed by atoms with E-state index >= 15 is 0 Å². The third kappa shape index (κ3) is 5.29. The summed E-state index contributed by atoms with van der Waals surface area (Å²) in [5.41, 5.74) is 1.18. The summed E-state index contributed by atoms with van der Waals surface area (Å²) >= 11 is 7.43. The Labute approximate surface area is 111 Å². The number of thioether (sulfide) groups is 1. The molecule has 0 aliphatic carbocycles. The van der Waals surface area contributed by atoms with Crippen LogP contribution in [0.1, 0.15) is 17.7 Å². The maximum absolute atomic E-state index is 11.4. The first-order valence-corrected chi connectivity index (χ1v) is 6.81. The summed E-state index contributed by atoms with van der Waals surface area (Å²) in [5.74, 6) is 0.494. The molecular formula is C13H16ClNOS. The number of hydrogen-bond acceptors (Lipinski definition) is 2. The Hall–Kier alpha value is -0.930. The van der Waals surface area contributed by atoms with Gasteiger partial charge in [0.2, 0.25) is 5.91 Å². The lowest BCUT2D eigenvalue weighted by Gasteiger charge is -2.11. The standard InChI is InChI=1S/C13H16ClNOS/c1-3-8-15-13(16)9-17-10(2)11-4-6-12(14)7-5-11/h3-7,10H,1,8-9H2,2H3,(H,15,16). The van der Waals surface area contributed by atoms with E-state index in [0.29, 0.717) is 12.3 Å². The SMILES string of the molecule is C=CCNC(=O)CSC(C)c1ccc(Cl)cc1. The maximum Gasteiger partial charge on any atom is 0.230 e. The minimum atomic E-state index is 0.0377. The molecule has 1 amide bonds. The van der Waals surface area contributed by atoms with E-state index in [-0.39, 0.29) is 11.2 Å². The van der Waals surface area contributed by atoms with E-state index in [9.17, 15) is 4.79 Å². The predicted molar refractivity (Wildman–Crippen MR) is 75.5 cm³/mol. The van der Waals surface area contributed by atoms with Crippen LogP contribution in [-0.2, 0) is 4.79 Å². The summed E-state index contributed by atoms with van der Waals surface area (Å²) in [6, 6.07) is 7.71. The monoisotopic (exact) mass is 269 g/mol. The zero-order chi connectivity index (χ0) is 12.7. The number of benzene rings is 1. The van der Waals surface area contributed by atoms with Crippen molar-refractivity contribution >= 4 is 29.3 Å². The summed E-state index contributed by atoms with van der Waals surface area (Å²) in [5, 5.41) is 3.76. The van der Waals surface area contributed by atoms with E-state index in [0.717, 1.165) is 5.02 Å². The van der Waals surface area contributed by atoms with Gasteiger partial charge in [-0.25, -0.2) is 0 Å². The van der Waals surface area contributed by atoms with E-state index in [4.69, 9.17) is 11.6 Å². The van der Waals surface area contributed by atoms with Crippen LogP contribution in [0, 0.1) is 0 Å². The van der Waals surface area contributed by atoms with Crippen LogP contribution in [-0.4, -0.2) is 18.2 Å². The van der Waals surface area contributed by atoms with Crippen molar-refractivity contribution in [2.75, 3.05) is 12.3 Å². The molecule has 0 radical (unpaired) electrons. The first-order valence-electron chi connectivity index (χ1n) is 5.38. The minimum Gasteiger partial charge on any atom is -0.352 e. The van der Waals surface area contributed by atoms with Crippen molar-refractivity contribution in [1.29, 1.82) is 0 Å². The molecule has 1 N–H and O–H groups in total. The van der Waals surface area contributed by atoms with Crippen molar-refractivity contribution in [3.63, 3.8) is 0 Å². The molecular weight excluding hydrogens is 254 g/mol. The predicted octanol–water partition coefficient (Wildman–Crippen LogP) is 3.44. The molecule has 1 aromatic carbocycles. The molecule has 0 bridgehead atoms. The largest absolute Gasteiger partial charge is 0.352 e. The molecule has 1 unspecified atom stereocenters. The normalized spacial score (nSPS) is 11.9. The zero-order valence-corrected chi connectivity index (χ0v) is 11.4. The van der Waals surface area contributed by atoms with Crippen LogP contribution in [0.25, 0.3) is 0 Å². The van der Waals surface area contributed by atoms with E-state index in [1.807, 2.05) is 24.3 Å². The van der Waals surface area contributed by atoms with Gasteiger partial charge in [0.05, 0.1) is 5.75 Å². The third-order valence-corrected chi connectivity index (χ3v) is 3.70. The van der Waals surface area contributed by atoms with Gasteiger partial charge in [-0.3, -0.25) is 4.79 Å². The molecule has 92 valence electrons. The highest BCUT2D eigenvalue weighted by molar-refractivity contribution is 8.00. The van der Waals surface area contributed by atoms with E-state index in [2.05, 4.69) is 18.8 Å². The lowest BCUT2D eigenvalue weighted by Crippen LogP contribution is -2.25. The number of carbonyl (C=O) groups excluding carboxylic acids is 1. The van der Waals surface area contributed by atoms with Gasteiger partial charge < -0.3 is 5.32 Å². The van der Waals surface area contributed by atoms with Gasteiger partial charge in [-0.2, -0.15) is 0 Å². The highest BCUT2D eigenvalue weighted by Gasteiger charge is 2.08. The molecule has 1 atom stereocenters. The van der Waals surface area contributed by atoms with E-state index < -0.39 is 0 Å². The Morgan fingerprint density at radius 1 is 1.53 bits per heavy atom. The molecule has 4 heteroatoms. The first-order chi connectivity index (χ1) is 8.13. The van der Waals surface area contributed by atoms with Gasteiger partial charge in [-0.05, 0) is 24.6 Å². The van der Waals surface area contributed by atoms with Crippen LogP contribution >= 0.6 is 23.4 Å². The molecule has 0 fully saturated rings. The van der Waals surface area contributed by atoms with E-state index in [1.165, 1.54) is 5.56 Å². The number of hydrogen-bond donors (Lipinski definition) is 1. The van der Waals surface area contributed by atoms with Gasteiger partial charge in [0.1, 0.15) is 0 Å². The Morgan fingerprint density at radius 2 is 2.18 bits per heavy atom. The zero-order valence-electron chi connectivity index (χ0n) is 9.78. The topological polar surface area (TPSA) is 29.1 Å². The number of rotatable bonds is 6. The fraction of sp³-hybridized carbons (Fsp3) is 0.308. The van der Waals surface area contributed by atoms with Crippen LogP contribution in [0.5, 0.6) is 0 Å². The van der Waals surface area contributed by atoms with Crippen molar-refractivity contribution in [3.05, 3.63) is 47.5 Å². The Balaban J connectivity index is 2.39. The molecule has 0 aromatic heterocycles. The van der Waals surface area contributed by atoms with E-state index in [1.54, 1.807) is 17.8 Å². The summed E-state index contributed by atoms with van der Waals surface area (Å²) in [4.78, 5) is 11.4. The van der Waals surface area contributed by atoms with Crippen molar-refractivity contribution in [2.45, 2.75) is 12.2 Å². The Kier molecular flexibility index (Phi) is 6.16. The second-order valence-electron chi connectivity index (χ2n) is 3.60. The van der Waals surface area contributed by atoms with Crippen LogP contribution < -0.4 is 5.32 Å². The van der Waals surface area contributed by atoms with Crippen molar-refractivity contribution in [3.8, 4) is 0 Å². The van der Waals surface area contributed by atoms with Crippen LogP contribution in [0.4, 0.5) is 0 Å². The highest BCUT2D eigenvalue weighted by atomic mass is 35.5. The van der Waals surface area contributed by atoms with Crippen LogP contribution in [0.3, 0.4) is 0 Å². The fourth-order valence-corrected chi connectivity index (χ4v) is 2.25. The molecule has 0 saturated carbocycles. The van der Waals surface area contributed by atoms with Gasteiger partial charge >= 0.3 is 0 Å². The smallest absolute Gasteiger partial charge is 0.230 e. The van der Waals surface area contributed by atoms with Gasteiger partial charge in [0.15, 0.2) is 0 Å².